The number of imidazole rings is 1. The van der Waals surface area contributed by atoms with Gasteiger partial charge in [-0.15, -0.1) is 0 Å². The second-order valence-electron chi connectivity index (χ2n) is 8.52. The van der Waals surface area contributed by atoms with Crippen LogP contribution in [-0.2, 0) is 11.2 Å². The number of aromatic nitrogens is 6. The van der Waals surface area contributed by atoms with Gasteiger partial charge in [0.2, 0.25) is 5.91 Å². The molecular formula is C26H23N7O2. The molecule has 0 aliphatic carbocycles. The number of carbonyl (C=O) groups excluding carboxylic acids is 1. The number of rotatable bonds is 6. The monoisotopic (exact) mass is 465 g/mol. The zero-order chi connectivity index (χ0) is 23.8. The van der Waals surface area contributed by atoms with Crippen LogP contribution < -0.4 is 10.1 Å². The van der Waals surface area contributed by atoms with E-state index in [9.17, 15) is 4.79 Å². The van der Waals surface area contributed by atoms with Crippen LogP contribution >= 0.6 is 0 Å². The summed E-state index contributed by atoms with van der Waals surface area (Å²) >= 11 is 0. The predicted molar refractivity (Wildman–Crippen MR) is 131 cm³/mol. The average molecular weight is 466 g/mol. The minimum absolute atomic E-state index is 0.0678. The molecule has 0 saturated heterocycles. The third-order valence-electron chi connectivity index (χ3n) is 6.29. The summed E-state index contributed by atoms with van der Waals surface area (Å²) < 4.78 is 7.61. The second kappa shape index (κ2) is 8.68. The number of fused-ring (bicyclic) bond motifs is 2. The van der Waals surface area contributed by atoms with Crippen molar-refractivity contribution in [3.05, 3.63) is 89.6 Å². The number of ether oxygens (including phenoxy) is 1. The molecule has 35 heavy (non-hydrogen) atoms. The molecule has 3 aromatic heterocycles. The van der Waals surface area contributed by atoms with Gasteiger partial charge < -0.3 is 15.0 Å². The van der Waals surface area contributed by atoms with Gasteiger partial charge in [-0.25, -0.2) is 15.0 Å². The van der Waals surface area contributed by atoms with Crippen molar-refractivity contribution in [1.29, 1.82) is 0 Å². The van der Waals surface area contributed by atoms with Crippen molar-refractivity contribution in [3.8, 4) is 11.6 Å². The molecule has 0 radical (unpaired) electrons. The Morgan fingerprint density at radius 1 is 1.06 bits per heavy atom. The Balaban J connectivity index is 1.28. The molecule has 1 amide bonds. The van der Waals surface area contributed by atoms with E-state index in [0.29, 0.717) is 35.8 Å². The zero-order valence-corrected chi connectivity index (χ0v) is 19.1. The predicted octanol–water partition coefficient (Wildman–Crippen LogP) is 3.94. The molecule has 9 heteroatoms. The van der Waals surface area contributed by atoms with Crippen LogP contribution in [0.15, 0.2) is 67.3 Å². The maximum atomic E-state index is 12.7. The van der Waals surface area contributed by atoms with Gasteiger partial charge >= 0.3 is 0 Å². The van der Waals surface area contributed by atoms with Crippen molar-refractivity contribution in [2.45, 2.75) is 25.7 Å². The Morgan fingerprint density at radius 2 is 1.89 bits per heavy atom. The van der Waals surface area contributed by atoms with E-state index in [-0.39, 0.29) is 11.8 Å². The van der Waals surface area contributed by atoms with E-state index in [1.54, 1.807) is 11.0 Å². The first kappa shape index (κ1) is 21.0. The first-order valence-corrected chi connectivity index (χ1v) is 11.5. The Morgan fingerprint density at radius 3 is 2.71 bits per heavy atom. The summed E-state index contributed by atoms with van der Waals surface area (Å²) in [5.41, 5.74) is 5.29. The van der Waals surface area contributed by atoms with E-state index < -0.39 is 0 Å². The normalized spacial score (nSPS) is 15.1. The number of aromatic amines is 1. The molecule has 0 bridgehead atoms. The van der Waals surface area contributed by atoms with Crippen LogP contribution in [0.5, 0.6) is 5.75 Å². The van der Waals surface area contributed by atoms with Crippen LogP contribution in [0.4, 0.5) is 5.82 Å². The van der Waals surface area contributed by atoms with Crippen molar-refractivity contribution in [2.24, 2.45) is 0 Å². The highest BCUT2D eigenvalue weighted by molar-refractivity contribution is 5.95. The fourth-order valence-electron chi connectivity index (χ4n) is 4.63. The van der Waals surface area contributed by atoms with Crippen molar-refractivity contribution >= 4 is 22.9 Å². The number of hydrogen-bond acceptors (Lipinski definition) is 6. The topological polar surface area (TPSA) is 111 Å². The Bertz CT molecular complexity index is 1510. The molecule has 1 atom stereocenters. The Hall–Kier alpha value is -4.53. The van der Waals surface area contributed by atoms with Gasteiger partial charge in [0.25, 0.3) is 0 Å². The SMILES string of the molecule is Cc1nn(-c2ncnc3nc[nH]c23)c2c1[C@H](c1ccc(OCCc3ccccc3)cc1)CC(=O)N2. The second-order valence-corrected chi connectivity index (χ2v) is 8.52. The minimum atomic E-state index is -0.120. The molecule has 1 aliphatic rings. The molecule has 0 saturated carbocycles. The molecule has 1 aliphatic heterocycles. The third kappa shape index (κ3) is 3.90. The quantitative estimate of drug-likeness (QED) is 0.393. The first-order valence-electron chi connectivity index (χ1n) is 11.5. The van der Waals surface area contributed by atoms with Crippen molar-refractivity contribution in [3.63, 3.8) is 0 Å². The molecule has 0 fully saturated rings. The summed E-state index contributed by atoms with van der Waals surface area (Å²) in [6.45, 7) is 2.55. The average Bonchev–Trinajstić information content (AvgIpc) is 3.49. The number of H-pyrrole nitrogens is 1. The fourth-order valence-corrected chi connectivity index (χ4v) is 4.63. The standard InChI is InChI=1S/C26H23N7O2/c1-16-22-20(18-7-9-19(10-8-18)35-12-11-17-5-3-2-4-6-17)13-21(34)31-25(22)33(32-16)26-23-24(28-14-27-23)29-15-30-26/h2-10,14-15,20H,11-13H2,1H3,(H,31,34)(H,27,28,29,30)/t20-/m0/s1. The van der Waals surface area contributed by atoms with Gasteiger partial charge in [-0.05, 0) is 30.2 Å². The summed E-state index contributed by atoms with van der Waals surface area (Å²) in [4.78, 5) is 28.6. The maximum absolute atomic E-state index is 12.7. The van der Waals surface area contributed by atoms with Gasteiger partial charge in [-0.1, -0.05) is 42.5 Å². The molecule has 2 N–H and O–H groups in total. The molecule has 174 valence electrons. The van der Waals surface area contributed by atoms with Crippen LogP contribution in [0.3, 0.4) is 0 Å². The number of carbonyl (C=O) groups is 1. The summed E-state index contributed by atoms with van der Waals surface area (Å²) in [5.74, 6) is 1.79. The highest BCUT2D eigenvalue weighted by atomic mass is 16.5. The highest BCUT2D eigenvalue weighted by Gasteiger charge is 2.33. The number of aryl methyl sites for hydroxylation is 1. The van der Waals surface area contributed by atoms with Crippen LogP contribution in [0.2, 0.25) is 0 Å². The molecule has 2 aromatic carbocycles. The highest BCUT2D eigenvalue weighted by Crippen LogP contribution is 2.40. The van der Waals surface area contributed by atoms with Crippen LogP contribution in [0.25, 0.3) is 17.0 Å². The number of nitrogens with one attached hydrogen (secondary N) is 2. The van der Waals surface area contributed by atoms with Crippen LogP contribution in [0.1, 0.15) is 34.7 Å². The van der Waals surface area contributed by atoms with Gasteiger partial charge in [-0.2, -0.15) is 9.78 Å². The molecule has 6 rings (SSSR count). The molecule has 0 spiro atoms. The molecule has 0 unspecified atom stereocenters. The van der Waals surface area contributed by atoms with Crippen molar-refractivity contribution in [2.75, 3.05) is 11.9 Å². The minimum Gasteiger partial charge on any atom is -0.493 e. The van der Waals surface area contributed by atoms with E-state index in [2.05, 4.69) is 37.4 Å². The summed E-state index contributed by atoms with van der Waals surface area (Å²) in [6, 6.07) is 18.3. The molecular weight excluding hydrogens is 442 g/mol. The summed E-state index contributed by atoms with van der Waals surface area (Å²) in [5, 5.41) is 7.73. The third-order valence-corrected chi connectivity index (χ3v) is 6.29. The zero-order valence-electron chi connectivity index (χ0n) is 19.1. The van der Waals surface area contributed by atoms with Crippen molar-refractivity contribution < 1.29 is 9.53 Å². The lowest BCUT2D eigenvalue weighted by atomic mass is 9.86. The van der Waals surface area contributed by atoms with Gasteiger partial charge in [0.15, 0.2) is 11.5 Å². The van der Waals surface area contributed by atoms with E-state index in [1.165, 1.54) is 11.9 Å². The molecule has 4 heterocycles. The van der Waals surface area contributed by atoms with Gasteiger partial charge in [0.1, 0.15) is 23.4 Å². The first-order chi connectivity index (χ1) is 17.2. The van der Waals surface area contributed by atoms with E-state index in [0.717, 1.165) is 29.0 Å². The summed E-state index contributed by atoms with van der Waals surface area (Å²) in [7, 11) is 0. The Labute approximate surface area is 201 Å². The number of benzene rings is 2. The largest absolute Gasteiger partial charge is 0.493 e. The molecule has 5 aromatic rings. The maximum Gasteiger partial charge on any atom is 0.226 e. The fraction of sp³-hybridized carbons (Fsp3) is 0.192. The van der Waals surface area contributed by atoms with E-state index in [4.69, 9.17) is 9.84 Å². The number of anilines is 1. The summed E-state index contributed by atoms with van der Waals surface area (Å²) in [6.07, 6.45) is 4.20. The number of amides is 1. The van der Waals surface area contributed by atoms with Crippen molar-refractivity contribution in [1.82, 2.24) is 29.7 Å². The number of nitrogens with zero attached hydrogens (tertiary/aromatic N) is 5. The lowest BCUT2D eigenvalue weighted by Crippen LogP contribution is -2.25. The van der Waals surface area contributed by atoms with Crippen LogP contribution in [0, 0.1) is 6.92 Å². The van der Waals surface area contributed by atoms with Crippen LogP contribution in [-0.4, -0.2) is 42.2 Å². The lowest BCUT2D eigenvalue weighted by molar-refractivity contribution is -0.116. The lowest BCUT2D eigenvalue weighted by Gasteiger charge is -2.24. The van der Waals surface area contributed by atoms with Gasteiger partial charge in [0, 0.05) is 24.3 Å². The van der Waals surface area contributed by atoms with E-state index in [1.807, 2.05) is 49.4 Å². The van der Waals surface area contributed by atoms with Gasteiger partial charge in [-0.3, -0.25) is 4.79 Å². The molecule has 9 nitrogen and oxygen atoms in total. The number of hydrogen-bond donors (Lipinski definition) is 2. The van der Waals surface area contributed by atoms with E-state index >= 15 is 0 Å². The smallest absolute Gasteiger partial charge is 0.226 e. The van der Waals surface area contributed by atoms with Gasteiger partial charge in [0.05, 0.1) is 18.6 Å². The Kier molecular flexibility index (Phi) is 5.21.